The van der Waals surface area contributed by atoms with Gasteiger partial charge in [0.05, 0.1) is 18.1 Å². The van der Waals surface area contributed by atoms with Crippen molar-refractivity contribution in [2.75, 3.05) is 31.5 Å². The molecule has 1 aromatic carbocycles. The Morgan fingerprint density at radius 1 is 1.13 bits per heavy atom. The topological polar surface area (TPSA) is 92.1 Å². The summed E-state index contributed by atoms with van der Waals surface area (Å²) in [5.41, 5.74) is 2.41. The summed E-state index contributed by atoms with van der Waals surface area (Å²) in [6, 6.07) is 10.8. The Kier molecular flexibility index (Phi) is 8.05. The summed E-state index contributed by atoms with van der Waals surface area (Å²) in [7, 11) is 1.88. The van der Waals surface area contributed by atoms with Crippen molar-refractivity contribution in [3.8, 4) is 0 Å². The number of aliphatic imine (C=N–C) groups is 1. The van der Waals surface area contributed by atoms with Gasteiger partial charge in [-0.25, -0.2) is 9.97 Å². The third kappa shape index (κ3) is 5.25. The van der Waals surface area contributed by atoms with Gasteiger partial charge in [-0.05, 0) is 25.3 Å². The van der Waals surface area contributed by atoms with Crippen molar-refractivity contribution >= 4 is 46.8 Å². The fraction of sp³-hybridized carbons (Fsp3) is 0.455. The second-order valence-corrected chi connectivity index (χ2v) is 7.78. The SMILES string of the molecule is CCNC(=NCC1(c2ccccc2)CCC1)NCCNc1ncnc2c1cnn2C.I. The first kappa shape index (κ1) is 23.2. The van der Waals surface area contributed by atoms with Gasteiger partial charge in [-0.2, -0.15) is 5.10 Å². The molecule has 0 spiro atoms. The Morgan fingerprint density at radius 2 is 1.94 bits per heavy atom. The first-order chi connectivity index (χ1) is 14.7. The molecule has 1 saturated carbocycles. The minimum atomic E-state index is 0. The number of rotatable bonds is 8. The molecule has 1 aliphatic carbocycles. The van der Waals surface area contributed by atoms with Gasteiger partial charge in [0, 0.05) is 32.1 Å². The van der Waals surface area contributed by atoms with Crippen LogP contribution in [0.25, 0.3) is 11.0 Å². The highest BCUT2D eigenvalue weighted by Gasteiger charge is 2.38. The van der Waals surface area contributed by atoms with Crippen LogP contribution < -0.4 is 16.0 Å². The minimum absolute atomic E-state index is 0. The van der Waals surface area contributed by atoms with Crippen LogP contribution in [-0.2, 0) is 12.5 Å². The lowest BCUT2D eigenvalue weighted by atomic mass is 9.64. The molecule has 0 bridgehead atoms. The Bertz CT molecular complexity index is 997. The molecule has 9 heteroatoms. The predicted octanol–water partition coefficient (Wildman–Crippen LogP) is 3.07. The molecule has 0 radical (unpaired) electrons. The van der Waals surface area contributed by atoms with Gasteiger partial charge < -0.3 is 16.0 Å². The maximum atomic E-state index is 4.91. The molecule has 3 N–H and O–H groups in total. The van der Waals surface area contributed by atoms with Crippen molar-refractivity contribution in [1.82, 2.24) is 30.4 Å². The van der Waals surface area contributed by atoms with Gasteiger partial charge in [-0.15, -0.1) is 24.0 Å². The van der Waals surface area contributed by atoms with Gasteiger partial charge in [0.2, 0.25) is 0 Å². The molecule has 1 aliphatic rings. The average molecular weight is 534 g/mol. The van der Waals surface area contributed by atoms with Crippen molar-refractivity contribution in [1.29, 1.82) is 0 Å². The lowest BCUT2D eigenvalue weighted by Gasteiger charge is -2.41. The molecule has 8 nitrogen and oxygen atoms in total. The van der Waals surface area contributed by atoms with Crippen LogP contribution in [0.4, 0.5) is 5.82 Å². The van der Waals surface area contributed by atoms with Crippen molar-refractivity contribution in [3.63, 3.8) is 0 Å². The Morgan fingerprint density at radius 3 is 2.65 bits per heavy atom. The van der Waals surface area contributed by atoms with E-state index >= 15 is 0 Å². The van der Waals surface area contributed by atoms with E-state index in [2.05, 4.69) is 68.3 Å². The summed E-state index contributed by atoms with van der Waals surface area (Å²) >= 11 is 0. The van der Waals surface area contributed by atoms with E-state index in [1.165, 1.54) is 24.8 Å². The number of hydrogen-bond acceptors (Lipinski definition) is 5. The summed E-state index contributed by atoms with van der Waals surface area (Å²) in [5.74, 6) is 1.66. The van der Waals surface area contributed by atoms with E-state index in [-0.39, 0.29) is 29.4 Å². The number of aryl methyl sites for hydroxylation is 1. The summed E-state index contributed by atoms with van der Waals surface area (Å²) < 4.78 is 1.75. The van der Waals surface area contributed by atoms with E-state index in [1.807, 2.05) is 7.05 Å². The van der Waals surface area contributed by atoms with Crippen molar-refractivity contribution < 1.29 is 0 Å². The lowest BCUT2D eigenvalue weighted by Crippen LogP contribution is -2.42. The van der Waals surface area contributed by atoms with Crippen LogP contribution in [0.5, 0.6) is 0 Å². The first-order valence-corrected chi connectivity index (χ1v) is 10.7. The fourth-order valence-corrected chi connectivity index (χ4v) is 3.97. The minimum Gasteiger partial charge on any atom is -0.368 e. The van der Waals surface area contributed by atoms with E-state index in [9.17, 15) is 0 Å². The number of halogens is 1. The zero-order chi connectivity index (χ0) is 20.8. The van der Waals surface area contributed by atoms with Crippen LogP contribution in [-0.4, -0.2) is 51.9 Å². The second-order valence-electron chi connectivity index (χ2n) is 7.78. The molecule has 2 aromatic heterocycles. The van der Waals surface area contributed by atoms with E-state index in [0.717, 1.165) is 49.0 Å². The standard InChI is InChI=1S/C22H30N8.HI/c1-3-23-21(26-15-22(10-7-11-22)17-8-5-4-6-9-17)25-13-12-24-19-18-14-29-30(2)20(18)28-16-27-19;/h4-6,8-9,14,16H,3,7,10-13,15H2,1-2H3,(H2,23,25,26)(H,24,27,28);1H. The molecule has 0 aliphatic heterocycles. The molecule has 0 saturated heterocycles. The Labute approximate surface area is 200 Å². The smallest absolute Gasteiger partial charge is 0.191 e. The number of nitrogens with zero attached hydrogens (tertiary/aromatic N) is 5. The van der Waals surface area contributed by atoms with E-state index < -0.39 is 0 Å². The maximum Gasteiger partial charge on any atom is 0.191 e. The van der Waals surface area contributed by atoms with Crippen LogP contribution in [0.15, 0.2) is 47.8 Å². The highest BCUT2D eigenvalue weighted by Crippen LogP contribution is 2.43. The van der Waals surface area contributed by atoms with Crippen LogP contribution in [0.1, 0.15) is 31.7 Å². The highest BCUT2D eigenvalue weighted by atomic mass is 127. The largest absolute Gasteiger partial charge is 0.368 e. The number of aromatic nitrogens is 4. The van der Waals surface area contributed by atoms with Gasteiger partial charge in [0.25, 0.3) is 0 Å². The zero-order valence-corrected chi connectivity index (χ0v) is 20.5. The van der Waals surface area contributed by atoms with E-state index in [0.29, 0.717) is 0 Å². The van der Waals surface area contributed by atoms with E-state index in [1.54, 1.807) is 17.2 Å². The molecule has 4 rings (SSSR count). The number of hydrogen-bond donors (Lipinski definition) is 3. The fourth-order valence-electron chi connectivity index (χ4n) is 3.97. The van der Waals surface area contributed by atoms with Crippen LogP contribution in [0, 0.1) is 0 Å². The van der Waals surface area contributed by atoms with Gasteiger partial charge in [-0.1, -0.05) is 36.8 Å². The van der Waals surface area contributed by atoms with Crippen LogP contribution in [0.2, 0.25) is 0 Å². The number of benzene rings is 1. The number of fused-ring (bicyclic) bond motifs is 1. The normalized spacial score (nSPS) is 15.1. The third-order valence-corrected chi connectivity index (χ3v) is 5.82. The van der Waals surface area contributed by atoms with Crippen molar-refractivity contribution in [3.05, 3.63) is 48.4 Å². The molecule has 1 fully saturated rings. The van der Waals surface area contributed by atoms with Crippen LogP contribution >= 0.6 is 24.0 Å². The first-order valence-electron chi connectivity index (χ1n) is 10.7. The second kappa shape index (κ2) is 10.7. The zero-order valence-electron chi connectivity index (χ0n) is 18.1. The molecule has 166 valence electrons. The third-order valence-electron chi connectivity index (χ3n) is 5.82. The Balaban J connectivity index is 0.00000272. The Hall–Kier alpha value is -2.43. The lowest BCUT2D eigenvalue weighted by molar-refractivity contribution is 0.253. The summed E-state index contributed by atoms with van der Waals surface area (Å²) in [4.78, 5) is 13.5. The molecule has 0 unspecified atom stereocenters. The molecular formula is C22H31IN8. The number of anilines is 1. The molecule has 31 heavy (non-hydrogen) atoms. The van der Waals surface area contributed by atoms with E-state index in [4.69, 9.17) is 4.99 Å². The molecular weight excluding hydrogens is 503 g/mol. The molecule has 0 amide bonds. The van der Waals surface area contributed by atoms with Gasteiger partial charge >= 0.3 is 0 Å². The molecule has 0 atom stereocenters. The summed E-state index contributed by atoms with van der Waals surface area (Å²) in [5, 5.41) is 15.3. The van der Waals surface area contributed by atoms with Gasteiger partial charge in [0.1, 0.15) is 12.1 Å². The van der Waals surface area contributed by atoms with Crippen molar-refractivity contribution in [2.45, 2.75) is 31.6 Å². The summed E-state index contributed by atoms with van der Waals surface area (Å²) in [6.07, 6.45) is 7.04. The maximum absolute atomic E-state index is 4.91. The highest BCUT2D eigenvalue weighted by molar-refractivity contribution is 14.0. The molecule has 3 aromatic rings. The van der Waals surface area contributed by atoms with Gasteiger partial charge in [0.15, 0.2) is 11.6 Å². The summed E-state index contributed by atoms with van der Waals surface area (Å²) in [6.45, 7) is 5.18. The van der Waals surface area contributed by atoms with Crippen molar-refractivity contribution in [2.24, 2.45) is 12.0 Å². The predicted molar refractivity (Wildman–Crippen MR) is 136 cm³/mol. The monoisotopic (exact) mass is 534 g/mol. The number of nitrogens with one attached hydrogen (secondary N) is 3. The molecule has 2 heterocycles. The number of guanidine groups is 1. The quantitative estimate of drug-likeness (QED) is 0.178. The van der Waals surface area contributed by atoms with Crippen LogP contribution in [0.3, 0.4) is 0 Å². The average Bonchev–Trinajstić information content (AvgIpc) is 3.13. The van der Waals surface area contributed by atoms with Gasteiger partial charge in [-0.3, -0.25) is 9.67 Å².